The van der Waals surface area contributed by atoms with Gasteiger partial charge in [0, 0.05) is 17.6 Å². The van der Waals surface area contributed by atoms with Crippen LogP contribution in [0, 0.1) is 18.3 Å². The highest BCUT2D eigenvalue weighted by Crippen LogP contribution is 2.23. The van der Waals surface area contributed by atoms with Gasteiger partial charge in [0.2, 0.25) is 0 Å². The lowest BCUT2D eigenvalue weighted by Gasteiger charge is -2.14. The maximum absolute atomic E-state index is 12.5. The molecule has 0 bridgehead atoms. The van der Waals surface area contributed by atoms with Crippen LogP contribution >= 0.6 is 0 Å². The van der Waals surface area contributed by atoms with E-state index in [0.29, 0.717) is 0 Å². The quantitative estimate of drug-likeness (QED) is 0.601. The molecule has 0 saturated carbocycles. The van der Waals surface area contributed by atoms with Gasteiger partial charge in [-0.25, -0.2) is 0 Å². The monoisotopic (exact) mass is 333 g/mol. The van der Waals surface area contributed by atoms with Gasteiger partial charge < -0.3 is 10.6 Å². The molecular weight excluding hydrogens is 310 g/mol. The van der Waals surface area contributed by atoms with Gasteiger partial charge in [-0.3, -0.25) is 4.79 Å². The third kappa shape index (κ3) is 4.71. The van der Waals surface area contributed by atoms with Gasteiger partial charge in [0.15, 0.2) is 0 Å². The van der Waals surface area contributed by atoms with Gasteiger partial charge in [0.05, 0.1) is 0 Å². The number of para-hydroxylation sites is 1. The van der Waals surface area contributed by atoms with Crippen LogP contribution in [0.1, 0.15) is 30.5 Å². The van der Waals surface area contributed by atoms with E-state index < -0.39 is 5.91 Å². The van der Waals surface area contributed by atoms with Gasteiger partial charge >= 0.3 is 0 Å². The first-order valence-corrected chi connectivity index (χ1v) is 8.44. The third-order valence-corrected chi connectivity index (χ3v) is 4.00. The smallest absolute Gasteiger partial charge is 0.267 e. The van der Waals surface area contributed by atoms with E-state index in [-0.39, 0.29) is 5.57 Å². The lowest BCUT2D eigenvalue weighted by molar-refractivity contribution is -0.112. The maximum atomic E-state index is 12.5. The molecule has 0 aliphatic rings. The molecular formula is C21H23N3O. The van der Waals surface area contributed by atoms with Gasteiger partial charge in [-0.1, -0.05) is 44.2 Å². The molecule has 2 N–H and O–H groups in total. The van der Waals surface area contributed by atoms with Crippen molar-refractivity contribution in [1.82, 2.24) is 0 Å². The second kappa shape index (κ2) is 8.70. The Balaban J connectivity index is 2.21. The van der Waals surface area contributed by atoms with Gasteiger partial charge in [-0.15, -0.1) is 0 Å². The lowest BCUT2D eigenvalue weighted by Crippen LogP contribution is -2.17. The molecule has 0 saturated heterocycles. The zero-order chi connectivity index (χ0) is 18.2. The van der Waals surface area contributed by atoms with Crippen molar-refractivity contribution < 1.29 is 4.79 Å². The highest BCUT2D eigenvalue weighted by atomic mass is 16.1. The minimum absolute atomic E-state index is 0.0365. The molecule has 0 heterocycles. The summed E-state index contributed by atoms with van der Waals surface area (Å²) in [6, 6.07) is 15.7. The largest absolute Gasteiger partial charge is 0.360 e. The number of aryl methyl sites for hydroxylation is 3. The molecule has 0 aliphatic carbocycles. The summed E-state index contributed by atoms with van der Waals surface area (Å²) in [7, 11) is 0. The molecule has 128 valence electrons. The maximum Gasteiger partial charge on any atom is 0.267 e. The molecule has 0 spiro atoms. The first-order valence-electron chi connectivity index (χ1n) is 8.44. The van der Waals surface area contributed by atoms with E-state index in [2.05, 4.69) is 10.6 Å². The molecule has 25 heavy (non-hydrogen) atoms. The molecule has 2 aromatic rings. The highest BCUT2D eigenvalue weighted by molar-refractivity contribution is 6.07. The molecule has 0 fully saturated rings. The first kappa shape index (κ1) is 18.3. The zero-order valence-corrected chi connectivity index (χ0v) is 14.9. The highest BCUT2D eigenvalue weighted by Gasteiger charge is 2.13. The molecule has 0 aliphatic heterocycles. The summed E-state index contributed by atoms with van der Waals surface area (Å²) in [4.78, 5) is 12.5. The van der Waals surface area contributed by atoms with Crippen LogP contribution in [0.4, 0.5) is 11.4 Å². The fraction of sp³-hybridized carbons (Fsp3) is 0.238. The number of nitriles is 1. The molecule has 0 unspecified atom stereocenters. The summed E-state index contributed by atoms with van der Waals surface area (Å²) in [6.45, 7) is 6.08. The van der Waals surface area contributed by atoms with Crippen molar-refractivity contribution in [2.24, 2.45) is 0 Å². The predicted molar refractivity (Wildman–Crippen MR) is 102 cm³/mol. The number of nitrogens with one attached hydrogen (secondary N) is 2. The minimum Gasteiger partial charge on any atom is -0.360 e. The molecule has 0 aromatic heterocycles. The Hall–Kier alpha value is -3.06. The Morgan fingerprint density at radius 3 is 2.32 bits per heavy atom. The predicted octanol–water partition coefficient (Wildman–Crippen LogP) is 4.58. The van der Waals surface area contributed by atoms with Gasteiger partial charge in [-0.05, 0) is 48.6 Å². The van der Waals surface area contributed by atoms with Crippen molar-refractivity contribution in [3.8, 4) is 6.07 Å². The van der Waals surface area contributed by atoms with E-state index in [9.17, 15) is 10.1 Å². The van der Waals surface area contributed by atoms with Crippen LogP contribution in [0.3, 0.4) is 0 Å². The van der Waals surface area contributed by atoms with Crippen LogP contribution in [-0.4, -0.2) is 5.91 Å². The Labute approximate surface area is 149 Å². The second-order valence-electron chi connectivity index (χ2n) is 5.80. The Morgan fingerprint density at radius 1 is 1.12 bits per heavy atom. The average molecular weight is 333 g/mol. The molecule has 0 atom stereocenters. The fourth-order valence-corrected chi connectivity index (χ4v) is 2.62. The number of amides is 1. The van der Waals surface area contributed by atoms with Crippen LogP contribution in [0.5, 0.6) is 0 Å². The van der Waals surface area contributed by atoms with E-state index in [0.717, 1.165) is 40.9 Å². The van der Waals surface area contributed by atoms with Crippen molar-refractivity contribution >= 4 is 17.3 Å². The average Bonchev–Trinajstić information content (AvgIpc) is 2.62. The van der Waals surface area contributed by atoms with Crippen LogP contribution in [0.15, 0.2) is 54.2 Å². The summed E-state index contributed by atoms with van der Waals surface area (Å²) in [5, 5.41) is 15.3. The number of hydrogen-bond donors (Lipinski definition) is 2. The molecule has 2 aromatic carbocycles. The summed E-state index contributed by atoms with van der Waals surface area (Å²) in [5.41, 5.74) is 4.92. The number of benzene rings is 2. The van der Waals surface area contributed by atoms with E-state index >= 15 is 0 Å². The van der Waals surface area contributed by atoms with Crippen LogP contribution < -0.4 is 10.6 Å². The Kier molecular flexibility index (Phi) is 6.36. The molecule has 1 amide bonds. The SMILES string of the molecule is CCc1cccc(CC)c1NC(=O)/C(C#N)=C\Nc1cccc(C)c1. The normalized spacial score (nSPS) is 10.9. The van der Waals surface area contributed by atoms with Crippen LogP contribution in [0.2, 0.25) is 0 Å². The summed E-state index contributed by atoms with van der Waals surface area (Å²) in [5.74, 6) is -0.404. The fourth-order valence-electron chi connectivity index (χ4n) is 2.62. The Bertz CT molecular complexity index is 809. The minimum atomic E-state index is -0.404. The third-order valence-electron chi connectivity index (χ3n) is 4.00. The summed E-state index contributed by atoms with van der Waals surface area (Å²) < 4.78 is 0. The Morgan fingerprint density at radius 2 is 1.76 bits per heavy atom. The molecule has 4 nitrogen and oxygen atoms in total. The van der Waals surface area contributed by atoms with Crippen molar-refractivity contribution in [1.29, 1.82) is 5.26 Å². The zero-order valence-electron chi connectivity index (χ0n) is 14.9. The van der Waals surface area contributed by atoms with Crippen LogP contribution in [0.25, 0.3) is 0 Å². The number of hydrogen-bond acceptors (Lipinski definition) is 3. The van der Waals surface area contributed by atoms with Gasteiger partial charge in [0.1, 0.15) is 11.6 Å². The van der Waals surface area contributed by atoms with E-state index in [1.54, 1.807) is 0 Å². The topological polar surface area (TPSA) is 64.9 Å². The number of carbonyl (C=O) groups excluding carboxylic acids is 1. The number of anilines is 2. The van der Waals surface area contributed by atoms with Gasteiger partial charge in [-0.2, -0.15) is 5.26 Å². The van der Waals surface area contributed by atoms with Crippen molar-refractivity contribution in [3.63, 3.8) is 0 Å². The van der Waals surface area contributed by atoms with E-state index in [1.807, 2.05) is 69.3 Å². The summed E-state index contributed by atoms with van der Waals surface area (Å²) in [6.07, 6.45) is 3.08. The van der Waals surface area contributed by atoms with E-state index in [4.69, 9.17) is 0 Å². The molecule has 0 radical (unpaired) electrons. The molecule has 4 heteroatoms. The standard InChI is InChI=1S/C21H23N3O/c1-4-16-9-7-10-17(5-2)20(16)24-21(25)18(13-22)14-23-19-11-6-8-15(3)12-19/h6-12,14,23H,4-5H2,1-3H3,(H,24,25)/b18-14-. The van der Waals surface area contributed by atoms with Crippen molar-refractivity contribution in [3.05, 3.63) is 70.9 Å². The van der Waals surface area contributed by atoms with Crippen molar-refractivity contribution in [2.75, 3.05) is 10.6 Å². The number of rotatable bonds is 6. The summed E-state index contributed by atoms with van der Waals surface area (Å²) >= 11 is 0. The lowest BCUT2D eigenvalue weighted by atomic mass is 10.0. The van der Waals surface area contributed by atoms with E-state index in [1.165, 1.54) is 6.20 Å². The van der Waals surface area contributed by atoms with Crippen molar-refractivity contribution in [2.45, 2.75) is 33.6 Å². The number of nitrogens with zero attached hydrogens (tertiary/aromatic N) is 1. The second-order valence-corrected chi connectivity index (χ2v) is 5.80. The van der Waals surface area contributed by atoms with Crippen LogP contribution in [-0.2, 0) is 17.6 Å². The van der Waals surface area contributed by atoms with Gasteiger partial charge in [0.25, 0.3) is 5.91 Å². The molecule has 2 rings (SSSR count). The first-order chi connectivity index (χ1) is 12.1. The number of carbonyl (C=O) groups is 1.